The number of ether oxygens (including phenoxy) is 3. The summed E-state index contributed by atoms with van der Waals surface area (Å²) in [7, 11) is 0. The van der Waals surface area contributed by atoms with Gasteiger partial charge in [-0.25, -0.2) is 0 Å². The van der Waals surface area contributed by atoms with Gasteiger partial charge < -0.3 is 14.2 Å². The van der Waals surface area contributed by atoms with Crippen LogP contribution in [0.25, 0.3) is 0 Å². The highest BCUT2D eigenvalue weighted by atomic mass is 16.6. The lowest BCUT2D eigenvalue weighted by Crippen LogP contribution is -2.30. The maximum Gasteiger partial charge on any atom is 0.310 e. The summed E-state index contributed by atoms with van der Waals surface area (Å²) in [5, 5.41) is 0. The van der Waals surface area contributed by atoms with Gasteiger partial charge in [0.15, 0.2) is 6.10 Å². The first-order valence-electron chi connectivity index (χ1n) is 30.1. The Morgan fingerprint density at radius 2 is 0.592 bits per heavy atom. The second-order valence-electron chi connectivity index (χ2n) is 19.9. The van der Waals surface area contributed by atoms with E-state index in [2.05, 4.69) is 93.7 Å². The van der Waals surface area contributed by atoms with Gasteiger partial charge >= 0.3 is 17.9 Å². The van der Waals surface area contributed by atoms with Crippen molar-refractivity contribution in [1.82, 2.24) is 0 Å². The van der Waals surface area contributed by atoms with Crippen LogP contribution < -0.4 is 0 Å². The third-order valence-electron chi connectivity index (χ3n) is 12.9. The number of carbonyl (C=O) groups excluding carboxylic acids is 3. The van der Waals surface area contributed by atoms with Gasteiger partial charge in [-0.15, -0.1) is 0 Å². The van der Waals surface area contributed by atoms with Crippen molar-refractivity contribution in [3.63, 3.8) is 0 Å². The number of hydrogen-bond acceptors (Lipinski definition) is 6. The van der Waals surface area contributed by atoms with Crippen LogP contribution in [0, 0.1) is 0 Å². The van der Waals surface area contributed by atoms with Crippen LogP contribution in [0.3, 0.4) is 0 Å². The molecule has 0 aliphatic carbocycles. The van der Waals surface area contributed by atoms with E-state index in [1.54, 1.807) is 6.08 Å². The summed E-state index contributed by atoms with van der Waals surface area (Å²) < 4.78 is 16.7. The molecule has 0 heterocycles. The van der Waals surface area contributed by atoms with Gasteiger partial charge in [0.2, 0.25) is 0 Å². The van der Waals surface area contributed by atoms with Gasteiger partial charge in [0.25, 0.3) is 0 Å². The Balaban J connectivity index is 4.08. The Hall–Kier alpha value is -3.41. The van der Waals surface area contributed by atoms with Gasteiger partial charge in [0.05, 0.1) is 6.42 Å². The van der Waals surface area contributed by atoms with Gasteiger partial charge in [-0.1, -0.05) is 279 Å². The van der Waals surface area contributed by atoms with Crippen LogP contribution in [0.1, 0.15) is 290 Å². The Labute approximate surface area is 439 Å². The van der Waals surface area contributed by atoms with E-state index < -0.39 is 12.1 Å². The van der Waals surface area contributed by atoms with Crippen LogP contribution in [0.4, 0.5) is 0 Å². The largest absolute Gasteiger partial charge is 0.462 e. The molecule has 0 aromatic carbocycles. The Morgan fingerprint density at radius 3 is 0.930 bits per heavy atom. The summed E-state index contributed by atoms with van der Waals surface area (Å²) in [6.07, 6.45) is 78.0. The molecule has 0 aliphatic rings. The lowest BCUT2D eigenvalue weighted by molar-refractivity contribution is -0.166. The van der Waals surface area contributed by atoms with Crippen molar-refractivity contribution in [1.29, 1.82) is 0 Å². The highest BCUT2D eigenvalue weighted by molar-refractivity contribution is 5.72. The minimum absolute atomic E-state index is 0.0987. The molecule has 408 valence electrons. The summed E-state index contributed by atoms with van der Waals surface area (Å²) in [5.74, 6) is -1.04. The zero-order valence-electron chi connectivity index (χ0n) is 46.7. The van der Waals surface area contributed by atoms with Crippen molar-refractivity contribution in [2.75, 3.05) is 13.2 Å². The normalized spacial score (nSPS) is 12.7. The maximum absolute atomic E-state index is 12.7. The molecule has 6 heteroatoms. The van der Waals surface area contributed by atoms with Crippen LogP contribution in [-0.2, 0) is 28.6 Å². The molecule has 1 atom stereocenters. The van der Waals surface area contributed by atoms with Crippen molar-refractivity contribution < 1.29 is 28.6 Å². The fourth-order valence-corrected chi connectivity index (χ4v) is 8.43. The summed E-state index contributed by atoms with van der Waals surface area (Å²) in [6, 6.07) is 0. The smallest absolute Gasteiger partial charge is 0.310 e. The Morgan fingerprint density at radius 1 is 0.310 bits per heavy atom. The molecule has 0 rings (SSSR count). The van der Waals surface area contributed by atoms with Gasteiger partial charge in [0, 0.05) is 12.8 Å². The van der Waals surface area contributed by atoms with Crippen LogP contribution in [0.5, 0.6) is 0 Å². The molecule has 0 radical (unpaired) electrons. The average Bonchev–Trinajstić information content (AvgIpc) is 3.37. The van der Waals surface area contributed by atoms with Crippen molar-refractivity contribution in [3.8, 4) is 0 Å². The standard InChI is InChI=1S/C65H112O6/c1-4-7-10-13-16-18-20-22-24-25-26-27-28-29-30-31-32-33-34-35-36-37-38-39-41-42-44-46-49-52-55-58-64(67)70-61-62(60-69-63(66)57-54-51-48-15-12-9-6-3)71-65(68)59-56-53-50-47-45-43-40-23-21-19-17-14-11-8-5-2/h8,11,17,19-20,22-23,25-26,40,45,47,53,56,62H,4-7,9-10,12-16,18,21,24,27-39,41-44,46,48-52,54-55,57-61H2,1-3H3/b11-8-,19-17-,22-20-,26-25-,40-23-,47-45-,56-53-. The number of rotatable bonds is 54. The summed E-state index contributed by atoms with van der Waals surface area (Å²) in [6.45, 7) is 6.40. The van der Waals surface area contributed by atoms with E-state index in [-0.39, 0.29) is 31.6 Å². The molecule has 0 amide bonds. The van der Waals surface area contributed by atoms with Crippen LogP contribution in [0.2, 0.25) is 0 Å². The quantitative estimate of drug-likeness (QED) is 0.0261. The molecule has 0 aromatic heterocycles. The molecule has 0 spiro atoms. The van der Waals surface area contributed by atoms with Gasteiger partial charge in [-0.05, 0) is 77.0 Å². The minimum Gasteiger partial charge on any atom is -0.462 e. The second kappa shape index (κ2) is 59.2. The number of hydrogen-bond donors (Lipinski definition) is 0. The third kappa shape index (κ3) is 57.4. The maximum atomic E-state index is 12.7. The second-order valence-corrected chi connectivity index (χ2v) is 19.9. The summed E-state index contributed by atoms with van der Waals surface area (Å²) in [4.78, 5) is 37.8. The molecule has 0 fully saturated rings. The molecule has 6 nitrogen and oxygen atoms in total. The van der Waals surface area contributed by atoms with Crippen molar-refractivity contribution in [2.45, 2.75) is 297 Å². The van der Waals surface area contributed by atoms with E-state index in [9.17, 15) is 14.4 Å². The third-order valence-corrected chi connectivity index (χ3v) is 12.9. The summed E-state index contributed by atoms with van der Waals surface area (Å²) in [5.41, 5.74) is 0. The predicted octanol–water partition coefficient (Wildman–Crippen LogP) is 20.3. The molecule has 71 heavy (non-hydrogen) atoms. The zero-order chi connectivity index (χ0) is 51.4. The fourth-order valence-electron chi connectivity index (χ4n) is 8.43. The van der Waals surface area contributed by atoms with E-state index in [0.717, 1.165) is 77.0 Å². The highest BCUT2D eigenvalue weighted by Crippen LogP contribution is 2.16. The Bertz CT molecular complexity index is 1370. The molecule has 0 saturated heterocycles. The average molecular weight is 990 g/mol. The minimum atomic E-state index is -0.826. The van der Waals surface area contributed by atoms with E-state index in [0.29, 0.717) is 12.8 Å². The zero-order valence-corrected chi connectivity index (χ0v) is 46.7. The molecule has 1 unspecified atom stereocenters. The highest BCUT2D eigenvalue weighted by Gasteiger charge is 2.19. The topological polar surface area (TPSA) is 78.9 Å². The first-order chi connectivity index (χ1) is 35.0. The first kappa shape index (κ1) is 67.6. The van der Waals surface area contributed by atoms with E-state index in [1.807, 2.05) is 6.08 Å². The Kier molecular flexibility index (Phi) is 56.3. The molecule has 0 aromatic rings. The lowest BCUT2D eigenvalue weighted by atomic mass is 10.0. The van der Waals surface area contributed by atoms with Crippen LogP contribution >= 0.6 is 0 Å². The number of carbonyl (C=O) groups is 3. The number of allylic oxidation sites excluding steroid dienone is 13. The summed E-state index contributed by atoms with van der Waals surface area (Å²) >= 11 is 0. The molecule has 0 saturated carbocycles. The lowest BCUT2D eigenvalue weighted by Gasteiger charge is -2.18. The number of esters is 3. The van der Waals surface area contributed by atoms with E-state index in [4.69, 9.17) is 14.2 Å². The molecule has 0 bridgehead atoms. The van der Waals surface area contributed by atoms with Crippen molar-refractivity contribution in [3.05, 3.63) is 85.1 Å². The molecular weight excluding hydrogens is 877 g/mol. The van der Waals surface area contributed by atoms with Gasteiger partial charge in [-0.2, -0.15) is 0 Å². The van der Waals surface area contributed by atoms with Gasteiger partial charge in [-0.3, -0.25) is 14.4 Å². The van der Waals surface area contributed by atoms with E-state index >= 15 is 0 Å². The van der Waals surface area contributed by atoms with Gasteiger partial charge in [0.1, 0.15) is 13.2 Å². The van der Waals surface area contributed by atoms with Crippen LogP contribution in [0.15, 0.2) is 85.1 Å². The van der Waals surface area contributed by atoms with Crippen molar-refractivity contribution >= 4 is 17.9 Å². The van der Waals surface area contributed by atoms with E-state index in [1.165, 1.54) is 173 Å². The monoisotopic (exact) mass is 989 g/mol. The number of unbranched alkanes of at least 4 members (excludes halogenated alkanes) is 30. The predicted molar refractivity (Wildman–Crippen MR) is 307 cm³/mol. The van der Waals surface area contributed by atoms with Crippen LogP contribution in [-0.4, -0.2) is 37.2 Å². The van der Waals surface area contributed by atoms with Crippen molar-refractivity contribution in [2.24, 2.45) is 0 Å². The molecular formula is C65H112O6. The molecule has 0 N–H and O–H groups in total. The SMILES string of the molecule is CC/C=C\C/C=C\C/C=C\C/C=C\C/C=C\CC(=O)OC(COC(=O)CCCCCCCCC)COC(=O)CCCCCCCCCCCCCCCCCCCCC/C=C\C/C=C\CCCCCCC. The first-order valence-corrected chi connectivity index (χ1v) is 30.1. The molecule has 0 aliphatic heterocycles. The fraction of sp³-hybridized carbons (Fsp3) is 0.738.